The Bertz CT molecular complexity index is 1100. The standard InChI is InChI=1S/C31H38N2O2/c1-20-7-11-22(12-8-20)32-26-16-30(3,4)18-28(34)24(26)15-25-27(17-31(5,6)19-29(25)35)33-23-13-9-21(2)10-14-23/h7-14,32-33H,15-19H2,1-6H3. The normalized spacial score (nSPS) is 19.7. The highest BCUT2D eigenvalue weighted by Crippen LogP contribution is 2.43. The van der Waals surface area contributed by atoms with Crippen LogP contribution in [0.5, 0.6) is 0 Å². The third-order valence-electron chi connectivity index (χ3n) is 7.04. The summed E-state index contributed by atoms with van der Waals surface area (Å²) in [6.07, 6.45) is 2.90. The minimum Gasteiger partial charge on any atom is -0.359 e. The second-order valence-electron chi connectivity index (χ2n) is 12.0. The number of carbonyl (C=O) groups is 2. The van der Waals surface area contributed by atoms with Crippen molar-refractivity contribution < 1.29 is 9.59 Å². The summed E-state index contributed by atoms with van der Waals surface area (Å²) in [6, 6.07) is 16.4. The molecule has 0 heterocycles. The summed E-state index contributed by atoms with van der Waals surface area (Å²) in [7, 11) is 0. The van der Waals surface area contributed by atoms with Gasteiger partial charge < -0.3 is 10.6 Å². The molecule has 4 rings (SSSR count). The number of hydrogen-bond donors (Lipinski definition) is 2. The van der Waals surface area contributed by atoms with Crippen molar-refractivity contribution in [3.8, 4) is 0 Å². The lowest BCUT2D eigenvalue weighted by Crippen LogP contribution is -2.32. The summed E-state index contributed by atoms with van der Waals surface area (Å²) in [6.45, 7) is 12.7. The summed E-state index contributed by atoms with van der Waals surface area (Å²) in [5.74, 6) is 0.270. The summed E-state index contributed by atoms with van der Waals surface area (Å²) < 4.78 is 0. The van der Waals surface area contributed by atoms with Crippen LogP contribution in [0.15, 0.2) is 71.1 Å². The number of ketones is 2. The van der Waals surface area contributed by atoms with Gasteiger partial charge in [0.1, 0.15) is 0 Å². The Morgan fingerprint density at radius 3 is 1.29 bits per heavy atom. The SMILES string of the molecule is Cc1ccc(NC2=C(CC3=C(Nc4ccc(C)cc4)CC(C)(C)CC3=O)C(=O)CC(C)(C)C2)cc1. The van der Waals surface area contributed by atoms with E-state index in [0.717, 1.165) is 46.8 Å². The second-order valence-corrected chi connectivity index (χ2v) is 12.0. The Balaban J connectivity index is 1.74. The number of hydrogen-bond acceptors (Lipinski definition) is 4. The Labute approximate surface area is 209 Å². The van der Waals surface area contributed by atoms with Crippen molar-refractivity contribution >= 4 is 22.9 Å². The van der Waals surface area contributed by atoms with Crippen molar-refractivity contribution in [3.05, 3.63) is 82.2 Å². The van der Waals surface area contributed by atoms with E-state index in [1.807, 2.05) is 24.3 Å². The maximum Gasteiger partial charge on any atom is 0.161 e. The number of Topliss-reactive ketones (excluding diaryl/α,β-unsaturated/α-hetero) is 2. The number of aryl methyl sites for hydroxylation is 2. The number of benzene rings is 2. The van der Waals surface area contributed by atoms with Crippen LogP contribution in [0.25, 0.3) is 0 Å². The van der Waals surface area contributed by atoms with Crippen LogP contribution in [-0.4, -0.2) is 11.6 Å². The predicted octanol–water partition coefficient (Wildman–Crippen LogP) is 7.50. The molecule has 0 saturated heterocycles. The highest BCUT2D eigenvalue weighted by atomic mass is 16.1. The van der Waals surface area contributed by atoms with Crippen LogP contribution in [0.3, 0.4) is 0 Å². The van der Waals surface area contributed by atoms with Crippen molar-refractivity contribution in [3.63, 3.8) is 0 Å². The molecule has 0 spiro atoms. The van der Waals surface area contributed by atoms with Crippen LogP contribution in [0, 0.1) is 24.7 Å². The first-order valence-electron chi connectivity index (χ1n) is 12.6. The molecule has 0 fully saturated rings. The van der Waals surface area contributed by atoms with Gasteiger partial charge in [0.2, 0.25) is 0 Å². The molecule has 0 atom stereocenters. The minimum absolute atomic E-state index is 0.121. The van der Waals surface area contributed by atoms with E-state index in [0.29, 0.717) is 19.3 Å². The van der Waals surface area contributed by atoms with Gasteiger partial charge in [-0.15, -0.1) is 0 Å². The van der Waals surface area contributed by atoms with Crippen molar-refractivity contribution in [1.29, 1.82) is 0 Å². The fourth-order valence-electron chi connectivity index (χ4n) is 5.16. The first kappa shape index (κ1) is 25.0. The molecular weight excluding hydrogens is 432 g/mol. The van der Waals surface area contributed by atoms with E-state index in [-0.39, 0.29) is 22.4 Å². The maximum absolute atomic E-state index is 13.4. The van der Waals surface area contributed by atoms with E-state index in [4.69, 9.17) is 0 Å². The Kier molecular flexibility index (Phi) is 6.77. The number of anilines is 2. The maximum atomic E-state index is 13.4. The molecule has 0 radical (unpaired) electrons. The smallest absolute Gasteiger partial charge is 0.161 e. The van der Waals surface area contributed by atoms with Gasteiger partial charge in [0.25, 0.3) is 0 Å². The molecule has 0 aliphatic heterocycles. The number of rotatable bonds is 6. The van der Waals surface area contributed by atoms with Gasteiger partial charge in [-0.1, -0.05) is 63.1 Å². The molecule has 2 N–H and O–H groups in total. The number of allylic oxidation sites excluding steroid dienone is 4. The fourth-order valence-corrected chi connectivity index (χ4v) is 5.16. The first-order valence-corrected chi connectivity index (χ1v) is 12.6. The summed E-state index contributed by atoms with van der Waals surface area (Å²) in [4.78, 5) is 26.8. The lowest BCUT2D eigenvalue weighted by Gasteiger charge is -2.35. The zero-order valence-electron chi connectivity index (χ0n) is 22.0. The zero-order valence-corrected chi connectivity index (χ0v) is 22.0. The van der Waals surface area contributed by atoms with Gasteiger partial charge in [0.05, 0.1) is 0 Å². The molecule has 4 nitrogen and oxygen atoms in total. The Morgan fingerprint density at radius 1 is 0.600 bits per heavy atom. The largest absolute Gasteiger partial charge is 0.359 e. The molecule has 2 aromatic carbocycles. The molecule has 2 aliphatic carbocycles. The van der Waals surface area contributed by atoms with Crippen LogP contribution in [0.2, 0.25) is 0 Å². The lowest BCUT2D eigenvalue weighted by molar-refractivity contribution is -0.118. The average molecular weight is 471 g/mol. The fraction of sp³-hybridized carbons (Fsp3) is 0.419. The van der Waals surface area contributed by atoms with Gasteiger partial charge in [0, 0.05) is 53.2 Å². The van der Waals surface area contributed by atoms with Crippen molar-refractivity contribution in [2.75, 3.05) is 10.6 Å². The summed E-state index contributed by atoms with van der Waals surface area (Å²) in [5, 5.41) is 7.08. The molecule has 2 aliphatic rings. The third-order valence-corrected chi connectivity index (χ3v) is 7.04. The predicted molar refractivity (Wildman–Crippen MR) is 144 cm³/mol. The zero-order chi connectivity index (χ0) is 25.4. The molecule has 2 aromatic rings. The average Bonchev–Trinajstić information content (AvgIpc) is 2.74. The van der Waals surface area contributed by atoms with Gasteiger partial charge in [0.15, 0.2) is 11.6 Å². The van der Waals surface area contributed by atoms with Crippen LogP contribution in [0.4, 0.5) is 11.4 Å². The molecule has 184 valence electrons. The Hall–Kier alpha value is -3.14. The van der Waals surface area contributed by atoms with Crippen LogP contribution in [-0.2, 0) is 9.59 Å². The van der Waals surface area contributed by atoms with Gasteiger partial charge in [-0.2, -0.15) is 0 Å². The molecular formula is C31H38N2O2. The van der Waals surface area contributed by atoms with Crippen molar-refractivity contribution in [2.45, 2.75) is 73.6 Å². The Morgan fingerprint density at radius 2 is 0.943 bits per heavy atom. The van der Waals surface area contributed by atoms with Gasteiger partial charge in [-0.05, 0) is 61.8 Å². The van der Waals surface area contributed by atoms with Crippen molar-refractivity contribution in [2.24, 2.45) is 10.8 Å². The molecule has 0 amide bonds. The highest BCUT2D eigenvalue weighted by Gasteiger charge is 2.37. The van der Waals surface area contributed by atoms with E-state index in [1.165, 1.54) is 11.1 Å². The second kappa shape index (κ2) is 9.49. The monoisotopic (exact) mass is 470 g/mol. The molecule has 35 heavy (non-hydrogen) atoms. The lowest BCUT2D eigenvalue weighted by atomic mass is 9.71. The third kappa shape index (κ3) is 6.11. The molecule has 0 aromatic heterocycles. The van der Waals surface area contributed by atoms with Crippen molar-refractivity contribution in [1.82, 2.24) is 0 Å². The van der Waals surface area contributed by atoms with E-state index in [2.05, 4.69) is 76.4 Å². The van der Waals surface area contributed by atoms with Gasteiger partial charge >= 0.3 is 0 Å². The molecule has 4 heteroatoms. The van der Waals surface area contributed by atoms with Crippen LogP contribution < -0.4 is 10.6 Å². The topological polar surface area (TPSA) is 58.2 Å². The highest BCUT2D eigenvalue weighted by molar-refractivity contribution is 6.03. The van der Waals surface area contributed by atoms with E-state index >= 15 is 0 Å². The minimum atomic E-state index is -0.121. The van der Waals surface area contributed by atoms with Gasteiger partial charge in [-0.3, -0.25) is 9.59 Å². The number of nitrogens with one attached hydrogen (secondary N) is 2. The summed E-state index contributed by atoms with van der Waals surface area (Å²) in [5.41, 5.74) is 7.45. The first-order chi connectivity index (χ1) is 16.4. The van der Waals surface area contributed by atoms with Crippen LogP contribution in [0.1, 0.15) is 70.9 Å². The van der Waals surface area contributed by atoms with Gasteiger partial charge in [-0.25, -0.2) is 0 Å². The van der Waals surface area contributed by atoms with E-state index < -0.39 is 0 Å². The number of carbonyl (C=O) groups excluding carboxylic acids is 2. The molecule has 0 bridgehead atoms. The molecule has 0 unspecified atom stereocenters. The quantitative estimate of drug-likeness (QED) is 0.459. The summed E-state index contributed by atoms with van der Waals surface area (Å²) >= 11 is 0. The van der Waals surface area contributed by atoms with E-state index in [1.54, 1.807) is 0 Å². The molecule has 0 saturated carbocycles. The van der Waals surface area contributed by atoms with E-state index in [9.17, 15) is 9.59 Å². The van der Waals surface area contributed by atoms with Crippen LogP contribution >= 0.6 is 0 Å².